The Morgan fingerprint density at radius 1 is 0.824 bits per heavy atom. The number of hydrogen-bond acceptors (Lipinski definition) is 0. The predicted molar refractivity (Wildman–Crippen MR) is 73.3 cm³/mol. The second kappa shape index (κ2) is 4.03. The first kappa shape index (κ1) is 10.6. The average molecular weight is 222 g/mol. The maximum atomic E-state index is 2.36. The maximum absolute atomic E-state index is 2.36. The third-order valence-corrected chi connectivity index (χ3v) is 4.15. The molecule has 0 saturated heterocycles. The zero-order valence-electron chi connectivity index (χ0n) is 10.5. The van der Waals surface area contributed by atoms with Crippen LogP contribution in [-0.4, -0.2) is 0 Å². The van der Waals surface area contributed by atoms with Gasteiger partial charge >= 0.3 is 0 Å². The van der Waals surface area contributed by atoms with Gasteiger partial charge in [0.2, 0.25) is 0 Å². The van der Waals surface area contributed by atoms with Crippen molar-refractivity contribution in [3.05, 3.63) is 59.7 Å². The van der Waals surface area contributed by atoms with Gasteiger partial charge in [0.1, 0.15) is 0 Å². The molecule has 0 bridgehead atoms. The molecule has 0 heteroatoms. The quantitative estimate of drug-likeness (QED) is 0.639. The van der Waals surface area contributed by atoms with E-state index < -0.39 is 0 Å². The molecule has 0 spiro atoms. The standard InChI is InChI=1S/C17H18/c1-3-13-12(2)14-8-4-5-10-16(14)17-11-7-6-9-15(13)17/h4-13H,3H2,1-2H3. The monoisotopic (exact) mass is 222 g/mol. The van der Waals surface area contributed by atoms with E-state index in [-0.39, 0.29) is 0 Å². The van der Waals surface area contributed by atoms with Crippen molar-refractivity contribution in [2.24, 2.45) is 0 Å². The molecule has 2 aromatic rings. The van der Waals surface area contributed by atoms with Crippen LogP contribution >= 0.6 is 0 Å². The molecule has 86 valence electrons. The van der Waals surface area contributed by atoms with E-state index in [0.29, 0.717) is 11.8 Å². The highest BCUT2D eigenvalue weighted by atomic mass is 14.3. The van der Waals surface area contributed by atoms with Gasteiger partial charge in [-0.25, -0.2) is 0 Å². The van der Waals surface area contributed by atoms with Crippen molar-refractivity contribution in [3.63, 3.8) is 0 Å². The van der Waals surface area contributed by atoms with Crippen LogP contribution in [-0.2, 0) is 0 Å². The summed E-state index contributed by atoms with van der Waals surface area (Å²) in [6.45, 7) is 4.66. The average Bonchev–Trinajstić information content (AvgIpc) is 2.40. The number of fused-ring (bicyclic) bond motifs is 3. The molecule has 0 saturated carbocycles. The molecular formula is C17H18. The van der Waals surface area contributed by atoms with E-state index in [4.69, 9.17) is 0 Å². The fourth-order valence-corrected chi connectivity index (χ4v) is 3.26. The van der Waals surface area contributed by atoms with E-state index in [1.807, 2.05) is 0 Å². The summed E-state index contributed by atoms with van der Waals surface area (Å²) in [7, 11) is 0. The molecule has 0 fully saturated rings. The maximum Gasteiger partial charge on any atom is -0.00920 e. The third kappa shape index (κ3) is 1.51. The van der Waals surface area contributed by atoms with Crippen molar-refractivity contribution in [3.8, 4) is 11.1 Å². The van der Waals surface area contributed by atoms with Crippen LogP contribution in [0.3, 0.4) is 0 Å². The van der Waals surface area contributed by atoms with E-state index in [2.05, 4.69) is 62.4 Å². The molecule has 0 radical (unpaired) electrons. The molecule has 0 N–H and O–H groups in total. The van der Waals surface area contributed by atoms with Crippen molar-refractivity contribution < 1.29 is 0 Å². The summed E-state index contributed by atoms with van der Waals surface area (Å²) < 4.78 is 0. The normalized spacial score (nSPS) is 21.8. The number of benzene rings is 2. The van der Waals surface area contributed by atoms with Crippen LogP contribution in [0, 0.1) is 0 Å². The summed E-state index contributed by atoms with van der Waals surface area (Å²) in [5.41, 5.74) is 5.91. The Kier molecular flexibility index (Phi) is 2.51. The first-order valence-electron chi connectivity index (χ1n) is 6.51. The van der Waals surface area contributed by atoms with Crippen LogP contribution in [0.4, 0.5) is 0 Å². The van der Waals surface area contributed by atoms with Gasteiger partial charge in [-0.3, -0.25) is 0 Å². The largest absolute Gasteiger partial charge is 0.0648 e. The van der Waals surface area contributed by atoms with Crippen LogP contribution < -0.4 is 0 Å². The van der Waals surface area contributed by atoms with E-state index >= 15 is 0 Å². The summed E-state index contributed by atoms with van der Waals surface area (Å²) in [6, 6.07) is 17.7. The summed E-state index contributed by atoms with van der Waals surface area (Å²) >= 11 is 0. The van der Waals surface area contributed by atoms with Crippen LogP contribution in [0.5, 0.6) is 0 Å². The van der Waals surface area contributed by atoms with Crippen LogP contribution in [0.15, 0.2) is 48.5 Å². The Morgan fingerprint density at radius 2 is 1.35 bits per heavy atom. The van der Waals surface area contributed by atoms with Crippen molar-refractivity contribution in [2.45, 2.75) is 32.1 Å². The molecule has 0 aliphatic heterocycles. The summed E-state index contributed by atoms with van der Waals surface area (Å²) in [6.07, 6.45) is 1.21. The Labute approximate surface area is 103 Å². The fraction of sp³-hybridized carbons (Fsp3) is 0.294. The molecule has 2 unspecified atom stereocenters. The van der Waals surface area contributed by atoms with Gasteiger partial charge in [0.15, 0.2) is 0 Å². The van der Waals surface area contributed by atoms with E-state index in [1.165, 1.54) is 28.7 Å². The lowest BCUT2D eigenvalue weighted by molar-refractivity contribution is 0.553. The van der Waals surface area contributed by atoms with E-state index in [0.717, 1.165) is 0 Å². The molecule has 1 aliphatic rings. The summed E-state index contributed by atoms with van der Waals surface area (Å²) in [5.74, 6) is 1.30. The zero-order valence-corrected chi connectivity index (χ0v) is 10.5. The van der Waals surface area contributed by atoms with Gasteiger partial charge in [0.05, 0.1) is 0 Å². The fourth-order valence-electron chi connectivity index (χ4n) is 3.26. The Hall–Kier alpha value is -1.56. The first-order chi connectivity index (χ1) is 8.33. The van der Waals surface area contributed by atoms with Gasteiger partial charge in [-0.1, -0.05) is 62.4 Å². The Bertz CT molecular complexity index is 539. The molecule has 2 atom stereocenters. The molecule has 17 heavy (non-hydrogen) atoms. The highest BCUT2D eigenvalue weighted by Crippen LogP contribution is 2.47. The minimum Gasteiger partial charge on any atom is -0.0648 e. The molecule has 1 aliphatic carbocycles. The number of rotatable bonds is 1. The highest BCUT2D eigenvalue weighted by Gasteiger charge is 2.28. The smallest absolute Gasteiger partial charge is 0.00920 e. The van der Waals surface area contributed by atoms with E-state index in [1.54, 1.807) is 0 Å². The first-order valence-corrected chi connectivity index (χ1v) is 6.51. The lowest BCUT2D eigenvalue weighted by atomic mass is 9.71. The molecule has 2 aromatic carbocycles. The summed E-state index contributed by atoms with van der Waals surface area (Å²) in [4.78, 5) is 0. The van der Waals surface area contributed by atoms with Gasteiger partial charge in [0.25, 0.3) is 0 Å². The molecule has 3 rings (SSSR count). The Morgan fingerprint density at radius 3 is 2.00 bits per heavy atom. The topological polar surface area (TPSA) is 0 Å². The van der Waals surface area contributed by atoms with Crippen molar-refractivity contribution in [1.82, 2.24) is 0 Å². The van der Waals surface area contributed by atoms with Gasteiger partial charge < -0.3 is 0 Å². The van der Waals surface area contributed by atoms with E-state index in [9.17, 15) is 0 Å². The van der Waals surface area contributed by atoms with Crippen LogP contribution in [0.25, 0.3) is 11.1 Å². The molecule has 0 nitrogen and oxygen atoms in total. The molecule has 0 amide bonds. The van der Waals surface area contributed by atoms with Gasteiger partial charge in [0, 0.05) is 0 Å². The van der Waals surface area contributed by atoms with Gasteiger partial charge in [-0.15, -0.1) is 0 Å². The van der Waals surface area contributed by atoms with Gasteiger partial charge in [-0.2, -0.15) is 0 Å². The van der Waals surface area contributed by atoms with Crippen LogP contribution in [0.2, 0.25) is 0 Å². The molecule has 0 aromatic heterocycles. The van der Waals surface area contributed by atoms with Crippen molar-refractivity contribution in [1.29, 1.82) is 0 Å². The Balaban J connectivity index is 2.29. The summed E-state index contributed by atoms with van der Waals surface area (Å²) in [5, 5.41) is 0. The molecule has 0 heterocycles. The highest BCUT2D eigenvalue weighted by molar-refractivity contribution is 5.74. The number of hydrogen-bond donors (Lipinski definition) is 0. The van der Waals surface area contributed by atoms with Crippen molar-refractivity contribution >= 4 is 0 Å². The zero-order chi connectivity index (χ0) is 11.8. The lowest BCUT2D eigenvalue weighted by Gasteiger charge is -2.33. The minimum atomic E-state index is 0.631. The van der Waals surface area contributed by atoms with Gasteiger partial charge in [-0.05, 0) is 40.5 Å². The predicted octanol–water partition coefficient (Wildman–Crippen LogP) is 4.96. The lowest BCUT2D eigenvalue weighted by Crippen LogP contribution is -2.14. The third-order valence-electron chi connectivity index (χ3n) is 4.15. The second-order valence-corrected chi connectivity index (χ2v) is 4.98. The second-order valence-electron chi connectivity index (χ2n) is 4.98. The SMILES string of the molecule is CCC1c2ccccc2-c2ccccc2C1C. The van der Waals surface area contributed by atoms with Crippen LogP contribution in [0.1, 0.15) is 43.2 Å². The van der Waals surface area contributed by atoms with Crippen molar-refractivity contribution in [2.75, 3.05) is 0 Å². The minimum absolute atomic E-state index is 0.631. The molecular weight excluding hydrogens is 204 g/mol.